The molecule has 4 heteroatoms. The second-order valence-corrected chi connectivity index (χ2v) is 8.76. The number of pyridine rings is 2. The third-order valence-electron chi connectivity index (χ3n) is 6.13. The first-order valence-corrected chi connectivity index (χ1v) is 12.6. The molecule has 3 nitrogen and oxygen atoms in total. The summed E-state index contributed by atoms with van der Waals surface area (Å²) in [6.45, 7) is 0. The van der Waals surface area contributed by atoms with Gasteiger partial charge in [0.15, 0.2) is 0 Å². The Labute approximate surface area is 246 Å². The van der Waals surface area contributed by atoms with Crippen LogP contribution in [-0.4, -0.2) is 9.97 Å². The Morgan fingerprint density at radius 2 is 1.20 bits per heavy atom. The summed E-state index contributed by atoms with van der Waals surface area (Å²) in [5.41, 5.74) is 7.56. The minimum absolute atomic E-state index is 0. The van der Waals surface area contributed by atoms with Crippen molar-refractivity contribution in [1.82, 2.24) is 9.97 Å². The quantitative estimate of drug-likeness (QED) is 0.135. The number of rotatable bonds is 2. The van der Waals surface area contributed by atoms with Crippen molar-refractivity contribution in [3.05, 3.63) is 157 Å². The number of furan rings is 1. The normalized spacial score (nSPS) is 10.1. The van der Waals surface area contributed by atoms with Gasteiger partial charge in [0, 0.05) is 48.8 Å². The van der Waals surface area contributed by atoms with E-state index in [1.807, 2.05) is 109 Å². The number of fused-ring (bicyclic) bond motifs is 3. The molecule has 3 aromatic heterocycles. The summed E-state index contributed by atoms with van der Waals surface area (Å²) in [4.78, 5) is 8.56. The van der Waals surface area contributed by atoms with E-state index < -0.39 is 0 Å². The molecule has 193 valence electrons. The van der Waals surface area contributed by atoms with E-state index in [9.17, 15) is 0 Å². The van der Waals surface area contributed by atoms with Crippen LogP contribution in [0.3, 0.4) is 0 Å². The van der Waals surface area contributed by atoms with Crippen LogP contribution in [0.2, 0.25) is 0 Å². The van der Waals surface area contributed by atoms with Crippen LogP contribution in [0.4, 0.5) is 0 Å². The first-order chi connectivity index (χ1) is 19.3. The maximum atomic E-state index is 5.87. The van der Waals surface area contributed by atoms with E-state index in [1.165, 1.54) is 0 Å². The minimum atomic E-state index is 0. The van der Waals surface area contributed by atoms with Crippen molar-refractivity contribution in [3.8, 4) is 34.4 Å². The molecule has 0 spiro atoms. The zero-order valence-corrected chi connectivity index (χ0v) is 23.7. The van der Waals surface area contributed by atoms with Crippen LogP contribution in [0.5, 0.6) is 0 Å². The molecule has 40 heavy (non-hydrogen) atoms. The average molecular weight is 691 g/mol. The topological polar surface area (TPSA) is 38.9 Å². The molecular weight excluding hydrogens is 669 g/mol. The molecule has 3 heterocycles. The summed E-state index contributed by atoms with van der Waals surface area (Å²) in [5.74, 6) is 6.45. The van der Waals surface area contributed by atoms with Gasteiger partial charge in [-0.05, 0) is 47.8 Å². The monoisotopic (exact) mass is 691 g/mol. The minimum Gasteiger partial charge on any atom is -0.456 e. The second-order valence-electron chi connectivity index (χ2n) is 8.76. The number of nitrogens with zero attached hydrogens (tertiary/aromatic N) is 2. The zero-order valence-electron chi connectivity index (χ0n) is 21.3. The fourth-order valence-electron chi connectivity index (χ4n) is 4.21. The number of hydrogen-bond donors (Lipinski definition) is 0. The molecule has 0 unspecified atom stereocenters. The molecule has 0 aliphatic heterocycles. The largest absolute Gasteiger partial charge is 0.456 e. The van der Waals surface area contributed by atoms with Gasteiger partial charge < -0.3 is 14.4 Å². The molecule has 0 bridgehead atoms. The Bertz CT molecular complexity index is 1850. The van der Waals surface area contributed by atoms with E-state index >= 15 is 0 Å². The van der Waals surface area contributed by atoms with E-state index in [1.54, 1.807) is 12.4 Å². The fourth-order valence-corrected chi connectivity index (χ4v) is 4.21. The molecule has 0 atom stereocenters. The summed E-state index contributed by atoms with van der Waals surface area (Å²) in [6.07, 6.45) is 3.57. The van der Waals surface area contributed by atoms with Gasteiger partial charge in [0.1, 0.15) is 11.2 Å². The van der Waals surface area contributed by atoms with E-state index in [0.29, 0.717) is 0 Å². The summed E-state index contributed by atoms with van der Waals surface area (Å²) in [6, 6.07) is 46.0. The third kappa shape index (κ3) is 6.25. The first kappa shape index (κ1) is 26.8. The van der Waals surface area contributed by atoms with Crippen molar-refractivity contribution in [3.63, 3.8) is 0 Å². The molecule has 0 amide bonds. The van der Waals surface area contributed by atoms with Gasteiger partial charge in [-0.25, -0.2) is 0 Å². The second kappa shape index (κ2) is 12.8. The van der Waals surface area contributed by atoms with E-state index in [0.717, 1.165) is 55.6 Å². The van der Waals surface area contributed by atoms with Crippen LogP contribution in [0.15, 0.2) is 138 Å². The number of benzene rings is 4. The van der Waals surface area contributed by atoms with Crippen LogP contribution in [-0.2, 0) is 20.1 Å². The Morgan fingerprint density at radius 3 is 1.88 bits per heavy atom. The maximum absolute atomic E-state index is 5.87. The predicted molar refractivity (Wildman–Crippen MR) is 157 cm³/mol. The number of hydrogen-bond acceptors (Lipinski definition) is 3. The fraction of sp³-hybridized carbons (Fsp3) is 0. The van der Waals surface area contributed by atoms with Crippen molar-refractivity contribution >= 4 is 21.9 Å². The Balaban J connectivity index is 0.000000209. The van der Waals surface area contributed by atoms with Gasteiger partial charge in [-0.15, -0.1) is 71.6 Å². The number of para-hydroxylation sites is 1. The Kier molecular flexibility index (Phi) is 8.59. The molecule has 7 aromatic rings. The smallest absolute Gasteiger partial charge is 0.135 e. The zero-order chi connectivity index (χ0) is 26.3. The van der Waals surface area contributed by atoms with Crippen molar-refractivity contribution < 1.29 is 24.5 Å². The van der Waals surface area contributed by atoms with Crippen LogP contribution in [0.1, 0.15) is 11.1 Å². The summed E-state index contributed by atoms with van der Waals surface area (Å²) < 4.78 is 5.87. The predicted octanol–water partition coefficient (Wildman–Crippen LogP) is 8.39. The maximum Gasteiger partial charge on any atom is 0.135 e. The van der Waals surface area contributed by atoms with Gasteiger partial charge in [0.05, 0.1) is 0 Å². The van der Waals surface area contributed by atoms with Crippen molar-refractivity contribution in [2.45, 2.75) is 0 Å². The Hall–Kier alpha value is -4.81. The van der Waals surface area contributed by atoms with E-state index in [2.05, 4.69) is 46.1 Å². The molecule has 0 aliphatic rings. The summed E-state index contributed by atoms with van der Waals surface area (Å²) in [7, 11) is 0. The van der Waals surface area contributed by atoms with Gasteiger partial charge in [0.25, 0.3) is 0 Å². The molecule has 0 N–H and O–H groups in total. The van der Waals surface area contributed by atoms with Crippen LogP contribution >= 0.6 is 0 Å². The standard InChI is InChI=1S/C25H14NO.C11H8N.Ir/c1-2-7-24-21(5-1)22-17-19(12-15-25(22)27-24)9-8-18-10-13-20(14-11-18)23-6-3-4-16-26-23;1-2-6-10(7-3-1)11-8-4-5-9-12-11;/h1-7,10-13,15-17H;1-6,8-9H;/q2*-1;. The van der Waals surface area contributed by atoms with Crippen LogP contribution < -0.4 is 0 Å². The SMILES string of the molecule is C(#Cc1ccc2oc3ccccc3c2c1)c1c[c-]c(-c2ccccn2)cc1.[Ir].[c-]1ccccc1-c1ccccn1. The van der Waals surface area contributed by atoms with Gasteiger partial charge in [-0.1, -0.05) is 53.9 Å². The van der Waals surface area contributed by atoms with Crippen LogP contribution in [0, 0.1) is 24.0 Å². The molecule has 0 saturated carbocycles. The summed E-state index contributed by atoms with van der Waals surface area (Å²) in [5, 5.41) is 2.21. The van der Waals surface area contributed by atoms with Gasteiger partial charge in [0.2, 0.25) is 0 Å². The van der Waals surface area contributed by atoms with Crippen LogP contribution in [0.25, 0.3) is 44.5 Å². The van der Waals surface area contributed by atoms with Gasteiger partial charge >= 0.3 is 0 Å². The van der Waals surface area contributed by atoms with E-state index in [4.69, 9.17) is 4.42 Å². The third-order valence-corrected chi connectivity index (χ3v) is 6.13. The molecule has 7 rings (SSSR count). The molecule has 4 aromatic carbocycles. The first-order valence-electron chi connectivity index (χ1n) is 12.6. The molecule has 0 saturated heterocycles. The van der Waals surface area contributed by atoms with Crippen molar-refractivity contribution in [2.24, 2.45) is 0 Å². The summed E-state index contributed by atoms with van der Waals surface area (Å²) >= 11 is 0. The van der Waals surface area contributed by atoms with Crippen molar-refractivity contribution in [2.75, 3.05) is 0 Å². The van der Waals surface area contributed by atoms with Crippen molar-refractivity contribution in [1.29, 1.82) is 0 Å². The van der Waals surface area contributed by atoms with Gasteiger partial charge in [-0.3, -0.25) is 0 Å². The molecular formula is C36H22IrN2O-2. The molecule has 1 radical (unpaired) electrons. The van der Waals surface area contributed by atoms with E-state index in [-0.39, 0.29) is 20.1 Å². The average Bonchev–Trinajstić information content (AvgIpc) is 3.40. The molecule has 0 fully saturated rings. The molecule has 0 aliphatic carbocycles. The number of aromatic nitrogens is 2. The Morgan fingerprint density at radius 1 is 0.550 bits per heavy atom. The van der Waals surface area contributed by atoms with Gasteiger partial charge in [-0.2, -0.15) is 0 Å².